The second-order valence-corrected chi connectivity index (χ2v) is 10.7. The molecule has 0 spiro atoms. The summed E-state index contributed by atoms with van der Waals surface area (Å²) >= 11 is 6.37. The fraction of sp³-hybridized carbons (Fsp3) is 0.400. The number of nitrogens with zero attached hydrogens (tertiary/aromatic N) is 2. The maximum Gasteiger partial charge on any atom is 0.290 e. The van der Waals surface area contributed by atoms with Crippen molar-refractivity contribution in [1.82, 2.24) is 9.88 Å². The van der Waals surface area contributed by atoms with Crippen molar-refractivity contribution in [3.8, 4) is 5.75 Å². The summed E-state index contributed by atoms with van der Waals surface area (Å²) in [5, 5.41) is 8.80. The number of aromatic amines is 1. The number of hydrogen-bond acceptors (Lipinski definition) is 4. The van der Waals surface area contributed by atoms with Crippen molar-refractivity contribution in [2.24, 2.45) is 0 Å². The van der Waals surface area contributed by atoms with Crippen molar-refractivity contribution in [3.05, 3.63) is 94.4 Å². The molecule has 2 N–H and O–H groups in total. The molecule has 5 rings (SSSR count). The van der Waals surface area contributed by atoms with E-state index in [2.05, 4.69) is 59.0 Å². The third-order valence-corrected chi connectivity index (χ3v) is 7.62. The van der Waals surface area contributed by atoms with E-state index in [0.29, 0.717) is 6.61 Å². The predicted molar refractivity (Wildman–Crippen MR) is 176 cm³/mol. The molecule has 1 aliphatic heterocycles. The number of anilines is 1. The van der Waals surface area contributed by atoms with Crippen LogP contribution in [0, 0.1) is 5.82 Å². The van der Waals surface area contributed by atoms with Crippen molar-refractivity contribution in [1.29, 1.82) is 0 Å². The lowest BCUT2D eigenvalue weighted by Crippen LogP contribution is -2.36. The summed E-state index contributed by atoms with van der Waals surface area (Å²) in [7, 11) is 0. The van der Waals surface area contributed by atoms with Crippen LogP contribution in [-0.4, -0.2) is 54.2 Å². The Balaban J connectivity index is 0.000000953. The molecule has 0 radical (unpaired) electrons. The van der Waals surface area contributed by atoms with E-state index in [-0.39, 0.29) is 18.3 Å². The first-order chi connectivity index (χ1) is 21.0. The lowest BCUT2D eigenvalue weighted by Gasteiger charge is -2.38. The summed E-state index contributed by atoms with van der Waals surface area (Å²) in [5.74, 6) is 0.653. The van der Waals surface area contributed by atoms with Gasteiger partial charge in [-0.2, -0.15) is 0 Å². The molecule has 0 saturated carbocycles. The molecule has 8 heteroatoms. The van der Waals surface area contributed by atoms with Gasteiger partial charge < -0.3 is 24.6 Å². The molecule has 4 aromatic rings. The summed E-state index contributed by atoms with van der Waals surface area (Å²) in [5.41, 5.74) is 5.68. The fourth-order valence-corrected chi connectivity index (χ4v) is 5.91. The van der Waals surface area contributed by atoms with Crippen molar-refractivity contribution >= 4 is 34.7 Å². The highest BCUT2D eigenvalue weighted by Gasteiger charge is 2.32. The zero-order chi connectivity index (χ0) is 31.2. The molecule has 43 heavy (non-hydrogen) atoms. The lowest BCUT2D eigenvalue weighted by atomic mass is 9.91. The minimum absolute atomic E-state index is 0.0523. The fourth-order valence-electron chi connectivity index (χ4n) is 5.74. The Hall–Kier alpha value is -3.55. The third-order valence-electron chi connectivity index (χ3n) is 7.39. The number of fused-ring (bicyclic) bond motifs is 3. The van der Waals surface area contributed by atoms with Gasteiger partial charge in [0.25, 0.3) is 6.47 Å². The predicted octanol–water partition coefficient (Wildman–Crippen LogP) is 8.73. The summed E-state index contributed by atoms with van der Waals surface area (Å²) in [4.78, 5) is 16.9. The van der Waals surface area contributed by atoms with Crippen LogP contribution in [-0.2, 0) is 11.2 Å². The SMILES string of the molecule is CC.CCCN(CCC)CCCOc1cccc(C2c3[nH]c4ccc(Cl)cc4c3CCN2c2ccc(F)cc2)c1.O=CO. The highest BCUT2D eigenvalue weighted by atomic mass is 35.5. The average Bonchev–Trinajstić information content (AvgIpc) is 3.39. The Bertz CT molecular complexity index is 1400. The van der Waals surface area contributed by atoms with Gasteiger partial charge in [0, 0.05) is 40.4 Å². The van der Waals surface area contributed by atoms with Crippen LogP contribution in [0.15, 0.2) is 66.7 Å². The Morgan fingerprint density at radius 3 is 2.42 bits per heavy atom. The second kappa shape index (κ2) is 17.5. The van der Waals surface area contributed by atoms with E-state index in [1.54, 1.807) is 0 Å². The van der Waals surface area contributed by atoms with Gasteiger partial charge in [0.05, 0.1) is 12.6 Å². The van der Waals surface area contributed by atoms with Gasteiger partial charge in [-0.05, 0) is 104 Å². The Morgan fingerprint density at radius 2 is 1.74 bits per heavy atom. The van der Waals surface area contributed by atoms with Gasteiger partial charge in [-0.25, -0.2) is 4.39 Å². The van der Waals surface area contributed by atoms with Crippen LogP contribution >= 0.6 is 11.6 Å². The molecule has 1 atom stereocenters. The third kappa shape index (κ3) is 8.97. The average molecular weight is 610 g/mol. The summed E-state index contributed by atoms with van der Waals surface area (Å²) in [6.45, 7) is 13.1. The molecule has 1 unspecified atom stereocenters. The monoisotopic (exact) mass is 609 g/mol. The molecule has 6 nitrogen and oxygen atoms in total. The van der Waals surface area contributed by atoms with E-state index in [9.17, 15) is 4.39 Å². The minimum atomic E-state index is -0.250. The van der Waals surface area contributed by atoms with Crippen LogP contribution in [0.4, 0.5) is 10.1 Å². The first-order valence-corrected chi connectivity index (χ1v) is 15.7. The second-order valence-electron chi connectivity index (χ2n) is 10.3. The summed E-state index contributed by atoms with van der Waals surface area (Å²) in [6.07, 6.45) is 4.24. The molecule has 3 aromatic carbocycles. The normalized spacial score (nSPS) is 13.9. The van der Waals surface area contributed by atoms with Gasteiger partial charge in [-0.3, -0.25) is 4.79 Å². The lowest BCUT2D eigenvalue weighted by molar-refractivity contribution is -0.122. The number of rotatable bonds is 11. The first kappa shape index (κ1) is 33.9. The van der Waals surface area contributed by atoms with E-state index >= 15 is 0 Å². The smallest absolute Gasteiger partial charge is 0.290 e. The first-order valence-electron chi connectivity index (χ1n) is 15.3. The standard InChI is InChI=1S/C32H37ClFN3O.C2H6.CH2O2/c1-3-16-36(17-4-2)18-6-20-38-27-8-5-7-23(21-27)32-31-28(29-22-24(33)9-14-30(29)35-31)15-19-37(32)26-12-10-25(34)11-13-26;1-2;2-1-3/h5,7-14,21-22,32,35H,3-4,6,15-20H2,1-2H3;1-2H3;1H,(H,2,3). The van der Waals surface area contributed by atoms with E-state index < -0.39 is 0 Å². The molecule has 0 bridgehead atoms. The van der Waals surface area contributed by atoms with E-state index in [0.717, 1.165) is 72.3 Å². The van der Waals surface area contributed by atoms with Crippen LogP contribution in [0.1, 0.15) is 69.8 Å². The quantitative estimate of drug-likeness (QED) is 0.131. The van der Waals surface area contributed by atoms with Gasteiger partial charge >= 0.3 is 0 Å². The number of benzene rings is 3. The molecule has 0 amide bonds. The van der Waals surface area contributed by atoms with Gasteiger partial charge in [0.15, 0.2) is 0 Å². The maximum atomic E-state index is 13.8. The van der Waals surface area contributed by atoms with Crippen LogP contribution in [0.5, 0.6) is 5.75 Å². The minimum Gasteiger partial charge on any atom is -0.494 e. The number of nitrogens with one attached hydrogen (secondary N) is 1. The van der Waals surface area contributed by atoms with Gasteiger partial charge in [0.1, 0.15) is 11.6 Å². The summed E-state index contributed by atoms with van der Waals surface area (Å²) < 4.78 is 20.0. The van der Waals surface area contributed by atoms with E-state index in [4.69, 9.17) is 26.2 Å². The van der Waals surface area contributed by atoms with Gasteiger partial charge in [-0.1, -0.05) is 51.4 Å². The number of carbonyl (C=O) groups is 1. The number of ether oxygens (including phenoxy) is 1. The number of H-pyrrole nitrogens is 1. The van der Waals surface area contributed by atoms with E-state index in [1.165, 1.54) is 35.9 Å². The highest BCUT2D eigenvalue weighted by Crippen LogP contribution is 2.42. The molecule has 1 aromatic heterocycles. The molecule has 2 heterocycles. The van der Waals surface area contributed by atoms with Crippen molar-refractivity contribution < 1.29 is 19.0 Å². The van der Waals surface area contributed by atoms with Crippen molar-refractivity contribution in [2.75, 3.05) is 37.7 Å². The molecule has 0 aliphatic carbocycles. The van der Waals surface area contributed by atoms with Gasteiger partial charge in [0.2, 0.25) is 0 Å². The maximum absolute atomic E-state index is 13.8. The largest absolute Gasteiger partial charge is 0.494 e. The van der Waals surface area contributed by atoms with Gasteiger partial charge in [-0.15, -0.1) is 0 Å². The van der Waals surface area contributed by atoms with Crippen LogP contribution in [0.3, 0.4) is 0 Å². The van der Waals surface area contributed by atoms with Crippen LogP contribution < -0.4 is 9.64 Å². The Morgan fingerprint density at radius 1 is 1.05 bits per heavy atom. The number of carboxylic acid groups (broad SMARTS) is 1. The molecule has 0 saturated heterocycles. The Labute approximate surface area is 260 Å². The molecule has 1 aliphatic rings. The summed E-state index contributed by atoms with van der Waals surface area (Å²) in [6, 6.07) is 21.2. The molecular formula is C35H45ClFN3O3. The zero-order valence-electron chi connectivity index (χ0n) is 25.8. The zero-order valence-corrected chi connectivity index (χ0v) is 26.5. The Kier molecular flexibility index (Phi) is 13.8. The number of aromatic nitrogens is 1. The van der Waals surface area contributed by atoms with E-state index in [1.807, 2.05) is 38.1 Å². The molecule has 0 fully saturated rings. The number of halogens is 2. The van der Waals surface area contributed by atoms with Crippen LogP contribution in [0.25, 0.3) is 10.9 Å². The van der Waals surface area contributed by atoms with Crippen molar-refractivity contribution in [2.45, 2.75) is 59.4 Å². The van der Waals surface area contributed by atoms with Crippen molar-refractivity contribution in [3.63, 3.8) is 0 Å². The van der Waals surface area contributed by atoms with Crippen LogP contribution in [0.2, 0.25) is 5.02 Å². The molecule has 232 valence electrons. The topological polar surface area (TPSA) is 68.8 Å². The highest BCUT2D eigenvalue weighted by molar-refractivity contribution is 6.31. The molecular weight excluding hydrogens is 565 g/mol. The number of hydrogen-bond donors (Lipinski definition) is 2.